The van der Waals surface area contributed by atoms with Gasteiger partial charge in [0.2, 0.25) is 5.91 Å². The summed E-state index contributed by atoms with van der Waals surface area (Å²) in [6.07, 6.45) is 1.49. The highest BCUT2D eigenvalue weighted by atomic mass is 79.9. The van der Waals surface area contributed by atoms with E-state index in [1.807, 2.05) is 0 Å². The van der Waals surface area contributed by atoms with Crippen LogP contribution in [0.3, 0.4) is 0 Å². The number of carbonyl (C=O) groups is 4. The van der Waals surface area contributed by atoms with Crippen molar-refractivity contribution in [1.29, 1.82) is 0 Å². The molecule has 184 valence electrons. The van der Waals surface area contributed by atoms with Gasteiger partial charge in [0, 0.05) is 5.69 Å². The van der Waals surface area contributed by atoms with Crippen molar-refractivity contribution in [3.05, 3.63) is 51.3 Å². The van der Waals surface area contributed by atoms with Gasteiger partial charge < -0.3 is 24.6 Å². The number of hydrogen-bond donors (Lipinski definition) is 2. The van der Waals surface area contributed by atoms with Crippen LogP contribution < -0.4 is 19.5 Å². The maximum absolute atomic E-state index is 12.8. The quantitative estimate of drug-likeness (QED) is 0.411. The lowest BCUT2D eigenvalue weighted by atomic mass is 10.2. The van der Waals surface area contributed by atoms with E-state index in [9.17, 15) is 19.2 Å². The van der Waals surface area contributed by atoms with E-state index in [-0.39, 0.29) is 16.4 Å². The summed E-state index contributed by atoms with van der Waals surface area (Å²) in [4.78, 5) is 49.5. The average Bonchev–Trinajstić information content (AvgIpc) is 3.06. The smallest absolute Gasteiger partial charge is 0.341 e. The number of carboxylic acid groups (broad SMARTS) is 1. The van der Waals surface area contributed by atoms with Crippen molar-refractivity contribution >= 4 is 62.5 Å². The molecule has 1 heterocycles. The third-order valence-electron chi connectivity index (χ3n) is 4.52. The maximum atomic E-state index is 12.8. The SMILES string of the molecule is CCOc1cc(/C=C2/SC(=O)N(CC(=O)Nc3ccc(OC)cc3)C2=O)cc(Br)c1OCC(=O)O. The Kier molecular flexibility index (Phi) is 8.77. The summed E-state index contributed by atoms with van der Waals surface area (Å²) < 4.78 is 16.3. The molecular formula is C23H21BrN2O8S. The number of anilines is 1. The molecule has 35 heavy (non-hydrogen) atoms. The van der Waals surface area contributed by atoms with Crippen molar-refractivity contribution < 1.29 is 38.5 Å². The van der Waals surface area contributed by atoms with E-state index in [1.165, 1.54) is 13.2 Å². The average molecular weight is 565 g/mol. The minimum Gasteiger partial charge on any atom is -0.497 e. The molecule has 1 aliphatic heterocycles. The molecule has 0 spiro atoms. The number of halogens is 1. The van der Waals surface area contributed by atoms with Gasteiger partial charge in [0.15, 0.2) is 18.1 Å². The van der Waals surface area contributed by atoms with Crippen LogP contribution in [0, 0.1) is 0 Å². The Morgan fingerprint density at radius 3 is 2.51 bits per heavy atom. The Bertz CT molecular complexity index is 1180. The molecule has 0 aromatic heterocycles. The van der Waals surface area contributed by atoms with Crippen molar-refractivity contribution in [3.8, 4) is 17.2 Å². The minimum absolute atomic E-state index is 0.126. The molecule has 0 atom stereocenters. The molecular weight excluding hydrogens is 544 g/mol. The van der Waals surface area contributed by atoms with Gasteiger partial charge in [-0.05, 0) is 82.7 Å². The van der Waals surface area contributed by atoms with E-state index >= 15 is 0 Å². The van der Waals surface area contributed by atoms with E-state index in [1.54, 1.807) is 43.3 Å². The van der Waals surface area contributed by atoms with Crippen LogP contribution in [0.4, 0.5) is 10.5 Å². The van der Waals surface area contributed by atoms with E-state index in [4.69, 9.17) is 19.3 Å². The molecule has 0 aliphatic carbocycles. The van der Waals surface area contributed by atoms with E-state index < -0.39 is 36.2 Å². The second kappa shape index (κ2) is 11.8. The number of thioether (sulfide) groups is 1. The maximum Gasteiger partial charge on any atom is 0.341 e. The number of amides is 3. The highest BCUT2D eigenvalue weighted by Gasteiger charge is 2.36. The summed E-state index contributed by atoms with van der Waals surface area (Å²) >= 11 is 4.03. The molecule has 10 nitrogen and oxygen atoms in total. The Balaban J connectivity index is 1.74. The summed E-state index contributed by atoms with van der Waals surface area (Å²) in [5.41, 5.74) is 1.01. The van der Waals surface area contributed by atoms with Crippen molar-refractivity contribution in [1.82, 2.24) is 4.90 Å². The normalized spacial score (nSPS) is 14.3. The first-order chi connectivity index (χ1) is 16.7. The fourth-order valence-corrected chi connectivity index (χ4v) is 4.43. The molecule has 1 aliphatic rings. The lowest BCUT2D eigenvalue weighted by Crippen LogP contribution is -2.36. The van der Waals surface area contributed by atoms with Crippen molar-refractivity contribution in [3.63, 3.8) is 0 Å². The van der Waals surface area contributed by atoms with Gasteiger partial charge in [0.05, 0.1) is 23.1 Å². The van der Waals surface area contributed by atoms with Crippen LogP contribution in [0.2, 0.25) is 0 Å². The summed E-state index contributed by atoms with van der Waals surface area (Å²) in [6, 6.07) is 9.79. The molecule has 0 radical (unpaired) electrons. The number of carbonyl (C=O) groups excluding carboxylic acids is 3. The van der Waals surface area contributed by atoms with E-state index in [0.717, 1.165) is 4.90 Å². The fraction of sp³-hybridized carbons (Fsp3) is 0.217. The number of hydrogen-bond acceptors (Lipinski definition) is 8. The molecule has 1 fully saturated rings. The van der Waals surface area contributed by atoms with Gasteiger partial charge in [-0.3, -0.25) is 19.3 Å². The third-order valence-corrected chi connectivity index (χ3v) is 6.01. The number of nitrogens with zero attached hydrogens (tertiary/aromatic N) is 1. The second-order valence-electron chi connectivity index (χ2n) is 6.99. The van der Waals surface area contributed by atoms with Crippen LogP contribution >= 0.6 is 27.7 Å². The van der Waals surface area contributed by atoms with Crippen LogP contribution in [0.25, 0.3) is 6.08 Å². The molecule has 2 aromatic carbocycles. The van der Waals surface area contributed by atoms with Crippen molar-refractivity contribution in [2.75, 3.05) is 32.2 Å². The van der Waals surface area contributed by atoms with Crippen LogP contribution in [-0.4, -0.2) is 59.9 Å². The molecule has 0 saturated carbocycles. The number of rotatable bonds is 10. The number of carboxylic acids is 1. The Morgan fingerprint density at radius 2 is 1.89 bits per heavy atom. The molecule has 1 saturated heterocycles. The van der Waals surface area contributed by atoms with Crippen LogP contribution in [0.15, 0.2) is 45.8 Å². The summed E-state index contributed by atoms with van der Waals surface area (Å²) in [5.74, 6) is -1.18. The standard InChI is InChI=1S/C23H21BrN2O8S/c1-3-33-17-9-13(8-16(24)21(17)34-12-20(28)29)10-18-22(30)26(23(31)35-18)11-19(27)25-14-4-6-15(32-2)7-5-14/h4-10H,3,11-12H2,1-2H3,(H,25,27)(H,28,29)/b18-10+. The molecule has 12 heteroatoms. The number of ether oxygens (including phenoxy) is 3. The van der Waals surface area contributed by atoms with Gasteiger partial charge >= 0.3 is 5.97 Å². The molecule has 2 aromatic rings. The summed E-state index contributed by atoms with van der Waals surface area (Å²) in [5, 5.41) is 10.9. The van der Waals surface area contributed by atoms with E-state index in [0.29, 0.717) is 39.8 Å². The number of methoxy groups -OCH3 is 1. The zero-order valence-corrected chi connectivity index (χ0v) is 21.1. The topological polar surface area (TPSA) is 131 Å². The van der Waals surface area contributed by atoms with Crippen LogP contribution in [-0.2, 0) is 14.4 Å². The third kappa shape index (κ3) is 6.76. The fourth-order valence-electron chi connectivity index (χ4n) is 3.01. The molecule has 0 bridgehead atoms. The van der Waals surface area contributed by atoms with Crippen molar-refractivity contribution in [2.24, 2.45) is 0 Å². The molecule has 2 N–H and O–H groups in total. The highest BCUT2D eigenvalue weighted by molar-refractivity contribution is 9.10. The Hall–Kier alpha value is -3.51. The zero-order valence-electron chi connectivity index (χ0n) is 18.7. The summed E-state index contributed by atoms with van der Waals surface area (Å²) in [6.45, 7) is 1.04. The van der Waals surface area contributed by atoms with Crippen molar-refractivity contribution in [2.45, 2.75) is 6.92 Å². The number of aliphatic carboxylic acids is 1. The number of imide groups is 1. The van der Waals surface area contributed by atoms with Gasteiger partial charge in [0.1, 0.15) is 12.3 Å². The van der Waals surface area contributed by atoms with Crippen LogP contribution in [0.5, 0.6) is 17.2 Å². The van der Waals surface area contributed by atoms with Gasteiger partial charge in [-0.15, -0.1) is 0 Å². The second-order valence-corrected chi connectivity index (χ2v) is 8.84. The Morgan fingerprint density at radius 1 is 1.17 bits per heavy atom. The van der Waals surface area contributed by atoms with Gasteiger partial charge in [-0.2, -0.15) is 0 Å². The first-order valence-corrected chi connectivity index (χ1v) is 11.8. The first kappa shape index (κ1) is 26.1. The zero-order chi connectivity index (χ0) is 25.5. The van der Waals surface area contributed by atoms with E-state index in [2.05, 4.69) is 21.2 Å². The first-order valence-electron chi connectivity index (χ1n) is 10.2. The summed E-state index contributed by atoms with van der Waals surface area (Å²) in [7, 11) is 1.53. The van der Waals surface area contributed by atoms with Gasteiger partial charge in [0.25, 0.3) is 11.1 Å². The molecule has 3 rings (SSSR count). The highest BCUT2D eigenvalue weighted by Crippen LogP contribution is 2.39. The minimum atomic E-state index is -1.15. The number of benzene rings is 2. The lowest BCUT2D eigenvalue weighted by molar-refractivity contribution is -0.139. The monoisotopic (exact) mass is 564 g/mol. The Labute approximate surface area is 213 Å². The van der Waals surface area contributed by atoms with Gasteiger partial charge in [-0.25, -0.2) is 4.79 Å². The molecule has 3 amide bonds. The largest absolute Gasteiger partial charge is 0.497 e. The predicted molar refractivity (Wildman–Crippen MR) is 133 cm³/mol. The number of nitrogens with one attached hydrogen (secondary N) is 1. The lowest BCUT2D eigenvalue weighted by Gasteiger charge is -2.14. The molecule has 0 unspecified atom stereocenters. The van der Waals surface area contributed by atoms with Gasteiger partial charge in [-0.1, -0.05) is 0 Å². The van der Waals surface area contributed by atoms with Crippen LogP contribution in [0.1, 0.15) is 12.5 Å². The predicted octanol–water partition coefficient (Wildman–Crippen LogP) is 3.99.